The Morgan fingerprint density at radius 2 is 1.97 bits per heavy atom. The number of hydrogen-bond acceptors (Lipinski definition) is 5. The first-order valence-electron chi connectivity index (χ1n) is 12.1. The van der Waals surface area contributed by atoms with Gasteiger partial charge >= 0.3 is 0 Å². The maximum absolute atomic E-state index is 11.0. The van der Waals surface area contributed by atoms with Crippen LogP contribution in [-0.4, -0.2) is 53.4 Å². The van der Waals surface area contributed by atoms with Gasteiger partial charge in [0.15, 0.2) is 0 Å². The average Bonchev–Trinajstić information content (AvgIpc) is 2.88. The van der Waals surface area contributed by atoms with Crippen molar-refractivity contribution < 1.29 is 14.9 Å². The van der Waals surface area contributed by atoms with Crippen LogP contribution in [0.15, 0.2) is 54.7 Å². The molecule has 3 aromatic rings. The van der Waals surface area contributed by atoms with Crippen LogP contribution >= 0.6 is 0 Å². The Bertz CT molecular complexity index is 1150. The Morgan fingerprint density at radius 1 is 1.15 bits per heavy atom. The standard InChI is InChI=1S/C29H34N2O3/c1-21-5-7-22(8-6-21)4-3-16-31-17-14-23(24(19-31)20-32)9-12-29(33)26-13-15-30-28-11-10-25(34-2)18-27(26)28/h5-8,10-11,13,15,18,23-24,29,32-33H,9,12,14,16-17,19-20H2,1-2H3/t23-,24-,29-/m1/s1. The van der Waals surface area contributed by atoms with Crippen LogP contribution in [0.2, 0.25) is 0 Å². The summed E-state index contributed by atoms with van der Waals surface area (Å²) in [6.07, 6.45) is 3.72. The highest BCUT2D eigenvalue weighted by atomic mass is 16.5. The minimum Gasteiger partial charge on any atom is -0.497 e. The van der Waals surface area contributed by atoms with Crippen molar-refractivity contribution in [1.29, 1.82) is 0 Å². The van der Waals surface area contributed by atoms with Gasteiger partial charge in [-0.2, -0.15) is 0 Å². The molecule has 1 aliphatic rings. The van der Waals surface area contributed by atoms with E-state index in [9.17, 15) is 10.2 Å². The van der Waals surface area contributed by atoms with E-state index in [1.54, 1.807) is 13.3 Å². The number of methoxy groups -OCH3 is 1. The first-order valence-corrected chi connectivity index (χ1v) is 12.1. The van der Waals surface area contributed by atoms with Gasteiger partial charge in [0.25, 0.3) is 0 Å². The monoisotopic (exact) mass is 458 g/mol. The molecule has 1 fully saturated rings. The Kier molecular flexibility index (Phi) is 8.18. The van der Waals surface area contributed by atoms with Crippen LogP contribution in [0.5, 0.6) is 5.75 Å². The summed E-state index contributed by atoms with van der Waals surface area (Å²) >= 11 is 0. The molecule has 34 heavy (non-hydrogen) atoms. The molecule has 2 aromatic carbocycles. The molecule has 178 valence electrons. The van der Waals surface area contributed by atoms with E-state index < -0.39 is 6.10 Å². The fraction of sp³-hybridized carbons (Fsp3) is 0.414. The van der Waals surface area contributed by atoms with Crippen LogP contribution in [0.3, 0.4) is 0 Å². The van der Waals surface area contributed by atoms with Crippen LogP contribution in [0.1, 0.15) is 42.1 Å². The van der Waals surface area contributed by atoms with Gasteiger partial charge in [-0.15, -0.1) is 0 Å². The lowest BCUT2D eigenvalue weighted by Crippen LogP contribution is -2.42. The van der Waals surface area contributed by atoms with Crippen LogP contribution in [0.25, 0.3) is 10.9 Å². The molecule has 0 amide bonds. The first kappa shape index (κ1) is 24.2. The van der Waals surface area contributed by atoms with Crippen LogP contribution < -0.4 is 4.74 Å². The lowest BCUT2D eigenvalue weighted by Gasteiger charge is -2.37. The lowest BCUT2D eigenvalue weighted by molar-refractivity contribution is 0.0640. The number of benzene rings is 2. The van der Waals surface area contributed by atoms with Crippen molar-refractivity contribution in [2.24, 2.45) is 11.8 Å². The summed E-state index contributed by atoms with van der Waals surface area (Å²) in [5.74, 6) is 7.88. The maximum atomic E-state index is 11.0. The predicted octanol–water partition coefficient (Wildman–Crippen LogP) is 4.35. The van der Waals surface area contributed by atoms with E-state index in [0.717, 1.165) is 53.7 Å². The smallest absolute Gasteiger partial charge is 0.119 e. The van der Waals surface area contributed by atoms with Crippen molar-refractivity contribution in [3.8, 4) is 17.6 Å². The zero-order chi connectivity index (χ0) is 23.9. The summed E-state index contributed by atoms with van der Waals surface area (Å²) in [5, 5.41) is 22.0. The number of aliphatic hydroxyl groups excluding tert-OH is 2. The number of aromatic nitrogens is 1. The Morgan fingerprint density at radius 3 is 2.74 bits per heavy atom. The third-order valence-corrected chi connectivity index (χ3v) is 6.95. The highest BCUT2D eigenvalue weighted by molar-refractivity contribution is 5.83. The van der Waals surface area contributed by atoms with Gasteiger partial charge in [0.05, 0.1) is 25.3 Å². The van der Waals surface area contributed by atoms with Gasteiger partial charge in [-0.3, -0.25) is 9.88 Å². The van der Waals surface area contributed by atoms with Crippen molar-refractivity contribution >= 4 is 10.9 Å². The molecule has 0 aliphatic carbocycles. The number of piperidine rings is 1. The summed E-state index contributed by atoms with van der Waals surface area (Å²) in [4.78, 5) is 6.75. The number of aliphatic hydroxyl groups is 2. The number of ether oxygens (including phenoxy) is 1. The van der Waals surface area contributed by atoms with E-state index in [4.69, 9.17) is 4.74 Å². The van der Waals surface area contributed by atoms with Crippen LogP contribution in [0.4, 0.5) is 0 Å². The second kappa shape index (κ2) is 11.5. The molecule has 1 aliphatic heterocycles. The second-order valence-electron chi connectivity index (χ2n) is 9.27. The molecule has 5 nitrogen and oxygen atoms in total. The lowest BCUT2D eigenvalue weighted by atomic mass is 9.81. The van der Waals surface area contributed by atoms with Crippen LogP contribution in [0, 0.1) is 30.6 Å². The molecule has 0 spiro atoms. The molecule has 4 rings (SSSR count). The second-order valence-corrected chi connectivity index (χ2v) is 9.27. The number of nitrogens with zero attached hydrogens (tertiary/aromatic N) is 2. The van der Waals surface area contributed by atoms with E-state index in [1.807, 2.05) is 24.3 Å². The van der Waals surface area contributed by atoms with E-state index in [2.05, 4.69) is 52.9 Å². The summed E-state index contributed by atoms with van der Waals surface area (Å²) < 4.78 is 5.36. The van der Waals surface area contributed by atoms with Crippen molar-refractivity contribution in [3.63, 3.8) is 0 Å². The van der Waals surface area contributed by atoms with Crippen molar-refractivity contribution in [2.45, 2.75) is 32.3 Å². The van der Waals surface area contributed by atoms with E-state index in [1.165, 1.54) is 5.56 Å². The fourth-order valence-corrected chi connectivity index (χ4v) is 4.87. The zero-order valence-corrected chi connectivity index (χ0v) is 20.1. The average molecular weight is 459 g/mol. The molecular weight excluding hydrogens is 424 g/mol. The van der Waals surface area contributed by atoms with Gasteiger partial charge in [-0.25, -0.2) is 0 Å². The van der Waals surface area contributed by atoms with E-state index in [0.29, 0.717) is 18.9 Å². The van der Waals surface area contributed by atoms with Gasteiger partial charge < -0.3 is 14.9 Å². The van der Waals surface area contributed by atoms with Gasteiger partial charge in [0, 0.05) is 30.3 Å². The van der Waals surface area contributed by atoms with Crippen LogP contribution in [-0.2, 0) is 0 Å². The molecule has 2 heterocycles. The van der Waals surface area contributed by atoms with E-state index >= 15 is 0 Å². The summed E-state index contributed by atoms with van der Waals surface area (Å²) in [7, 11) is 1.64. The number of aryl methyl sites for hydroxylation is 1. The topological polar surface area (TPSA) is 65.8 Å². The molecule has 5 heteroatoms. The number of fused-ring (bicyclic) bond motifs is 1. The molecule has 0 saturated carbocycles. The molecule has 0 radical (unpaired) electrons. The third kappa shape index (κ3) is 5.95. The number of hydrogen-bond donors (Lipinski definition) is 2. The molecule has 1 saturated heterocycles. The third-order valence-electron chi connectivity index (χ3n) is 6.95. The van der Waals surface area contributed by atoms with Gasteiger partial charge in [0.2, 0.25) is 0 Å². The fourth-order valence-electron chi connectivity index (χ4n) is 4.87. The Balaban J connectivity index is 1.33. The van der Waals surface area contributed by atoms with Crippen molar-refractivity contribution in [2.75, 3.05) is 33.4 Å². The van der Waals surface area contributed by atoms with E-state index in [-0.39, 0.29) is 12.5 Å². The minimum absolute atomic E-state index is 0.165. The zero-order valence-electron chi connectivity index (χ0n) is 20.1. The number of likely N-dealkylation sites (tertiary alicyclic amines) is 1. The molecule has 2 N–H and O–H groups in total. The molecule has 0 bridgehead atoms. The Labute approximate surface area is 202 Å². The molecule has 0 unspecified atom stereocenters. The summed E-state index contributed by atoms with van der Waals surface area (Å²) in [6.45, 7) is 4.76. The minimum atomic E-state index is -0.574. The van der Waals surface area contributed by atoms with Gasteiger partial charge in [-0.05, 0) is 86.5 Å². The van der Waals surface area contributed by atoms with Crippen molar-refractivity contribution in [1.82, 2.24) is 9.88 Å². The Hall–Kier alpha value is -2.91. The predicted molar refractivity (Wildman–Crippen MR) is 136 cm³/mol. The largest absolute Gasteiger partial charge is 0.497 e. The molecule has 1 aromatic heterocycles. The quantitative estimate of drug-likeness (QED) is 0.516. The van der Waals surface area contributed by atoms with Gasteiger partial charge in [-0.1, -0.05) is 29.5 Å². The summed E-state index contributed by atoms with van der Waals surface area (Å²) in [6, 6.07) is 15.9. The molecular formula is C29H34N2O3. The number of rotatable bonds is 7. The summed E-state index contributed by atoms with van der Waals surface area (Å²) in [5.41, 5.74) is 4.01. The number of pyridine rings is 1. The highest BCUT2D eigenvalue weighted by Gasteiger charge is 2.29. The maximum Gasteiger partial charge on any atom is 0.119 e. The molecule has 3 atom stereocenters. The first-order chi connectivity index (χ1) is 16.6. The van der Waals surface area contributed by atoms with Crippen molar-refractivity contribution in [3.05, 3.63) is 71.4 Å². The SMILES string of the molecule is COc1ccc2nccc([C@H](O)CC[C@@H]3CCN(CC#Cc4ccc(C)cc4)C[C@@H]3CO)c2c1. The highest BCUT2D eigenvalue weighted by Crippen LogP contribution is 2.33. The normalized spacial score (nSPS) is 19.4. The van der Waals surface area contributed by atoms with Gasteiger partial charge in [0.1, 0.15) is 5.75 Å².